The van der Waals surface area contributed by atoms with Crippen molar-refractivity contribution in [3.8, 4) is 11.5 Å². The van der Waals surface area contributed by atoms with Crippen molar-refractivity contribution in [1.29, 1.82) is 0 Å². The summed E-state index contributed by atoms with van der Waals surface area (Å²) in [7, 11) is 3.14. The Kier molecular flexibility index (Phi) is 11.2. The van der Waals surface area contributed by atoms with E-state index >= 15 is 0 Å². The van der Waals surface area contributed by atoms with E-state index in [0.29, 0.717) is 29.6 Å². The van der Waals surface area contributed by atoms with E-state index in [1.165, 1.54) is 23.1 Å². The van der Waals surface area contributed by atoms with Gasteiger partial charge in [-0.3, -0.25) is 4.79 Å². The Bertz CT molecular complexity index is 1620. The Morgan fingerprint density at radius 1 is 1.12 bits per heavy atom. The number of fused-ring (bicyclic) bond motifs is 11. The first kappa shape index (κ1) is 38.2. The van der Waals surface area contributed by atoms with Crippen LogP contribution in [0.2, 0.25) is 0 Å². The van der Waals surface area contributed by atoms with Crippen molar-refractivity contribution in [2.75, 3.05) is 45.3 Å². The zero-order valence-corrected chi connectivity index (χ0v) is 31.0. The van der Waals surface area contributed by atoms with Crippen molar-refractivity contribution in [3.05, 3.63) is 36.1 Å². The number of hydrogen-bond donors (Lipinski definition) is 7. The average Bonchev–Trinajstić information content (AvgIpc) is 3.61. The standard InChI is InChI=1S/C37H51NO12S2/c1-2-46-27(42)9-7-22-16-23-10-14-47-29(23)31-30(22)49-33-37(45)28-24(6-8-26(41)25(28)18-39)17-36(44,32(37)43)35(20-40,50-33)21-51-52-34(11-4-3-5-12-34)19-38-13-15-48-31/h6,8,10,14,16,24-26,28,32-33,38-41,43-45H,2-5,7,9,11-13,15,17-21H2,1H3. The summed E-state index contributed by atoms with van der Waals surface area (Å²) in [6.07, 6.45) is 5.16. The molecule has 2 aliphatic heterocycles. The van der Waals surface area contributed by atoms with Crippen molar-refractivity contribution < 1.29 is 58.8 Å². The van der Waals surface area contributed by atoms with Gasteiger partial charge >= 0.3 is 5.97 Å². The fourth-order valence-corrected chi connectivity index (χ4v) is 12.9. The third-order valence-electron chi connectivity index (χ3n) is 12.0. The number of hydrogen-bond acceptors (Lipinski definition) is 15. The van der Waals surface area contributed by atoms with Crippen LogP contribution in [0.4, 0.5) is 0 Å². The number of furan rings is 1. The lowest BCUT2D eigenvalue weighted by Gasteiger charge is -2.66. The van der Waals surface area contributed by atoms with Crippen LogP contribution >= 0.6 is 21.6 Å². The van der Waals surface area contributed by atoms with Gasteiger partial charge in [-0.2, -0.15) is 0 Å². The van der Waals surface area contributed by atoms with Crippen LogP contribution in [-0.4, -0.2) is 122 Å². The Morgan fingerprint density at radius 3 is 2.67 bits per heavy atom. The monoisotopic (exact) mass is 765 g/mol. The van der Waals surface area contributed by atoms with Gasteiger partial charge in [0.05, 0.1) is 25.6 Å². The predicted molar refractivity (Wildman–Crippen MR) is 194 cm³/mol. The van der Waals surface area contributed by atoms with E-state index in [1.807, 2.05) is 0 Å². The van der Waals surface area contributed by atoms with Gasteiger partial charge in [0, 0.05) is 53.8 Å². The summed E-state index contributed by atoms with van der Waals surface area (Å²) in [6.45, 7) is 2.11. The number of aliphatic hydroxyl groups excluding tert-OH is 4. The van der Waals surface area contributed by atoms with Crippen molar-refractivity contribution in [3.63, 3.8) is 0 Å². The number of carbonyl (C=O) groups excluding carboxylic acids is 1. The van der Waals surface area contributed by atoms with Crippen LogP contribution in [0.5, 0.6) is 11.5 Å². The van der Waals surface area contributed by atoms with Crippen LogP contribution < -0.4 is 14.8 Å². The molecule has 1 saturated heterocycles. The second kappa shape index (κ2) is 15.2. The van der Waals surface area contributed by atoms with Crippen LogP contribution in [0, 0.1) is 17.8 Å². The zero-order valence-electron chi connectivity index (χ0n) is 29.4. The Labute approximate surface area is 310 Å². The van der Waals surface area contributed by atoms with Crippen LogP contribution in [-0.2, 0) is 20.7 Å². The van der Waals surface area contributed by atoms with E-state index in [4.69, 9.17) is 23.4 Å². The molecule has 1 spiro atoms. The van der Waals surface area contributed by atoms with Gasteiger partial charge in [-0.25, -0.2) is 0 Å². The highest BCUT2D eigenvalue weighted by molar-refractivity contribution is 8.77. The summed E-state index contributed by atoms with van der Waals surface area (Å²) in [5.41, 5.74) is -5.54. The second-order valence-electron chi connectivity index (χ2n) is 15.0. The molecule has 2 saturated carbocycles. The molecule has 52 heavy (non-hydrogen) atoms. The number of ether oxygens (including phenoxy) is 4. The lowest BCUT2D eigenvalue weighted by Crippen LogP contribution is -2.85. The lowest BCUT2D eigenvalue weighted by molar-refractivity contribution is -0.416. The summed E-state index contributed by atoms with van der Waals surface area (Å²) in [6, 6.07) is 3.55. The topological polar surface area (TPSA) is 201 Å². The number of rotatable bonds is 6. The van der Waals surface area contributed by atoms with Crippen LogP contribution in [0.25, 0.3) is 11.0 Å². The smallest absolute Gasteiger partial charge is 0.306 e. The molecular weight excluding hydrogens is 715 g/mol. The summed E-state index contributed by atoms with van der Waals surface area (Å²) in [4.78, 5) is 12.6. The SMILES string of the molecule is CCOC(=O)CCc1cc2ccoc2c2c1OC1OC(CO)(CSSC3(CCCCC3)CNCCO2)C2(O)CC3C=CC(O)C(CO)C3C1(O)C2O. The van der Waals surface area contributed by atoms with Crippen molar-refractivity contribution in [2.45, 2.75) is 98.3 Å². The molecule has 1 aromatic heterocycles. The normalized spacial score (nSPS) is 37.5. The fourth-order valence-electron chi connectivity index (χ4n) is 9.23. The van der Waals surface area contributed by atoms with E-state index < -0.39 is 72.2 Å². The molecule has 0 amide bonds. The lowest BCUT2D eigenvalue weighted by atomic mass is 9.51. The zero-order chi connectivity index (χ0) is 36.7. The van der Waals surface area contributed by atoms with Crippen LogP contribution in [0.15, 0.2) is 35.0 Å². The summed E-state index contributed by atoms with van der Waals surface area (Å²) >= 11 is 0. The molecule has 288 valence electrons. The first-order valence-electron chi connectivity index (χ1n) is 18.4. The molecule has 0 radical (unpaired) electrons. The maximum atomic E-state index is 12.9. The first-order chi connectivity index (χ1) is 25.0. The molecule has 3 fully saturated rings. The van der Waals surface area contributed by atoms with Gasteiger partial charge in [-0.05, 0) is 56.2 Å². The minimum absolute atomic E-state index is 0.00246. The van der Waals surface area contributed by atoms with Gasteiger partial charge in [0.1, 0.15) is 23.9 Å². The van der Waals surface area contributed by atoms with E-state index in [9.17, 15) is 35.4 Å². The Morgan fingerprint density at radius 2 is 1.92 bits per heavy atom. The molecule has 9 atom stereocenters. The third-order valence-corrected chi connectivity index (χ3v) is 15.4. The number of carbonyl (C=O) groups is 1. The molecule has 9 unspecified atom stereocenters. The quantitative estimate of drug-likeness (QED) is 0.128. The number of nitrogens with one attached hydrogen (secondary N) is 1. The molecule has 1 aromatic carbocycles. The van der Waals surface area contributed by atoms with Gasteiger partial charge in [0.15, 0.2) is 16.9 Å². The summed E-state index contributed by atoms with van der Waals surface area (Å²) in [5, 5.41) is 75.0. The van der Waals surface area contributed by atoms with Gasteiger partial charge < -0.3 is 59.3 Å². The average molecular weight is 766 g/mol. The van der Waals surface area contributed by atoms with Gasteiger partial charge in [-0.15, -0.1) is 0 Å². The second-order valence-corrected chi connectivity index (χ2v) is 17.8. The molecule has 7 N–H and O–H groups in total. The van der Waals surface area contributed by atoms with E-state index in [0.717, 1.165) is 32.1 Å². The molecular formula is C37H51NO12S2. The summed E-state index contributed by atoms with van der Waals surface area (Å²) in [5.74, 6) is -2.71. The van der Waals surface area contributed by atoms with Crippen molar-refractivity contribution in [1.82, 2.24) is 5.32 Å². The van der Waals surface area contributed by atoms with E-state index in [1.54, 1.807) is 35.9 Å². The molecule has 13 nitrogen and oxygen atoms in total. The number of esters is 1. The van der Waals surface area contributed by atoms with Gasteiger partial charge in [-0.1, -0.05) is 53.0 Å². The minimum Gasteiger partial charge on any atom is -0.485 e. The maximum absolute atomic E-state index is 12.9. The predicted octanol–water partition coefficient (Wildman–Crippen LogP) is 2.46. The largest absolute Gasteiger partial charge is 0.485 e. The highest BCUT2D eigenvalue weighted by atomic mass is 33.1. The van der Waals surface area contributed by atoms with Crippen LogP contribution in [0.3, 0.4) is 0 Å². The Hall–Kier alpha value is -2.05. The minimum atomic E-state index is -2.42. The summed E-state index contributed by atoms with van der Waals surface area (Å²) < 4.78 is 30.9. The first-order valence-corrected chi connectivity index (χ1v) is 20.7. The number of aryl methyl sites for hydroxylation is 1. The van der Waals surface area contributed by atoms with Crippen LogP contribution in [0.1, 0.15) is 57.4 Å². The molecule has 7 rings (SSSR count). The number of allylic oxidation sites excluding steroid dienone is 1. The molecule has 2 aromatic rings. The molecule has 5 aliphatic rings. The van der Waals surface area contributed by atoms with E-state index in [-0.39, 0.29) is 54.5 Å². The van der Waals surface area contributed by atoms with E-state index in [2.05, 4.69) is 5.32 Å². The van der Waals surface area contributed by atoms with Gasteiger partial charge in [0.2, 0.25) is 12.0 Å². The molecule has 3 aliphatic carbocycles. The maximum Gasteiger partial charge on any atom is 0.306 e. The third kappa shape index (κ3) is 6.46. The van der Waals surface area contributed by atoms with Crippen molar-refractivity contribution in [2.24, 2.45) is 17.8 Å². The van der Waals surface area contributed by atoms with Gasteiger partial charge in [0.25, 0.3) is 0 Å². The fraction of sp³-hybridized carbons (Fsp3) is 0.703. The molecule has 4 bridgehead atoms. The number of aliphatic hydroxyl groups is 6. The highest BCUT2D eigenvalue weighted by Crippen LogP contribution is 2.61. The molecule has 3 heterocycles. The van der Waals surface area contributed by atoms with Crippen molar-refractivity contribution >= 4 is 38.5 Å². The number of benzene rings is 1. The highest BCUT2D eigenvalue weighted by Gasteiger charge is 2.76. The Balaban J connectivity index is 1.39. The molecule has 15 heteroatoms.